The lowest BCUT2D eigenvalue weighted by atomic mass is 9.94. The Morgan fingerprint density at radius 3 is 3.29 bits per heavy atom. The van der Waals surface area contributed by atoms with Crippen molar-refractivity contribution in [2.75, 3.05) is 0 Å². The van der Waals surface area contributed by atoms with Gasteiger partial charge in [-0.15, -0.1) is 10.2 Å². The number of hydrogen-bond donors (Lipinski definition) is 0. The number of carbonyl (C=O) groups excluding carboxylic acids is 1. The van der Waals surface area contributed by atoms with Crippen molar-refractivity contribution in [2.45, 2.75) is 6.42 Å². The van der Waals surface area contributed by atoms with Crippen LogP contribution in [-0.2, 0) is 9.63 Å². The maximum absolute atomic E-state index is 11.5. The van der Waals surface area contributed by atoms with Gasteiger partial charge in [-0.1, -0.05) is 5.16 Å². The molecular weight excluding hydrogens is 184 g/mol. The van der Waals surface area contributed by atoms with Crippen molar-refractivity contribution in [3.05, 3.63) is 23.1 Å². The van der Waals surface area contributed by atoms with Crippen LogP contribution in [0.1, 0.15) is 6.42 Å². The Labute approximate surface area is 78.3 Å². The van der Waals surface area contributed by atoms with Gasteiger partial charge in [0.05, 0.1) is 6.21 Å². The largest absolute Gasteiger partial charge is 0.354 e. The Hall–Kier alpha value is -2.11. The summed E-state index contributed by atoms with van der Waals surface area (Å²) in [5.74, 6) is 0.408. The summed E-state index contributed by atoms with van der Waals surface area (Å²) in [6.07, 6.45) is 3.50. The Bertz CT molecular complexity index is 482. The maximum atomic E-state index is 11.5. The SMILES string of the molecule is O=C1CC2=CC=NOC2=C2N=NN=C12. The molecule has 68 valence electrons. The molecule has 1 aliphatic carbocycles. The lowest BCUT2D eigenvalue weighted by Gasteiger charge is -2.17. The number of nitrogens with zero attached hydrogens (tertiary/aromatic N) is 4. The van der Waals surface area contributed by atoms with Crippen LogP contribution in [0.15, 0.2) is 43.7 Å². The predicted molar refractivity (Wildman–Crippen MR) is 46.6 cm³/mol. The van der Waals surface area contributed by atoms with Crippen LogP contribution in [0.25, 0.3) is 0 Å². The summed E-state index contributed by atoms with van der Waals surface area (Å²) in [6.45, 7) is 0. The van der Waals surface area contributed by atoms with Gasteiger partial charge in [0.1, 0.15) is 0 Å². The third kappa shape index (κ3) is 0.819. The minimum atomic E-state index is -0.0844. The first-order chi connectivity index (χ1) is 6.86. The highest BCUT2D eigenvalue weighted by molar-refractivity contribution is 6.48. The molecule has 0 N–H and O–H groups in total. The number of allylic oxidation sites excluding steroid dienone is 3. The zero-order chi connectivity index (χ0) is 9.54. The molecule has 0 unspecified atom stereocenters. The van der Waals surface area contributed by atoms with E-state index in [1.165, 1.54) is 6.21 Å². The molecule has 3 rings (SSSR count). The first-order valence-corrected chi connectivity index (χ1v) is 4.03. The van der Waals surface area contributed by atoms with E-state index in [-0.39, 0.29) is 17.9 Å². The van der Waals surface area contributed by atoms with E-state index in [4.69, 9.17) is 4.84 Å². The molecule has 0 aromatic carbocycles. The van der Waals surface area contributed by atoms with Crippen LogP contribution in [0.2, 0.25) is 0 Å². The van der Waals surface area contributed by atoms with Crippen molar-refractivity contribution >= 4 is 17.7 Å². The monoisotopic (exact) mass is 188 g/mol. The van der Waals surface area contributed by atoms with Gasteiger partial charge in [0.25, 0.3) is 0 Å². The Morgan fingerprint density at radius 2 is 2.36 bits per heavy atom. The van der Waals surface area contributed by atoms with Crippen LogP contribution in [-0.4, -0.2) is 17.7 Å². The highest BCUT2D eigenvalue weighted by atomic mass is 16.6. The summed E-state index contributed by atoms with van der Waals surface area (Å²) in [5.41, 5.74) is 1.44. The van der Waals surface area contributed by atoms with Crippen molar-refractivity contribution in [1.29, 1.82) is 0 Å². The second-order valence-corrected chi connectivity index (χ2v) is 2.95. The van der Waals surface area contributed by atoms with E-state index in [0.29, 0.717) is 11.5 Å². The van der Waals surface area contributed by atoms with Crippen LogP contribution < -0.4 is 0 Å². The van der Waals surface area contributed by atoms with Crippen LogP contribution >= 0.6 is 0 Å². The van der Waals surface area contributed by atoms with Gasteiger partial charge in [0.15, 0.2) is 23.0 Å². The van der Waals surface area contributed by atoms with E-state index in [1.807, 2.05) is 0 Å². The number of hydrogen-bond acceptors (Lipinski definition) is 6. The Kier molecular flexibility index (Phi) is 1.27. The van der Waals surface area contributed by atoms with Crippen LogP contribution in [0, 0.1) is 0 Å². The number of rotatable bonds is 0. The van der Waals surface area contributed by atoms with Gasteiger partial charge < -0.3 is 4.84 Å². The van der Waals surface area contributed by atoms with E-state index >= 15 is 0 Å². The lowest BCUT2D eigenvalue weighted by molar-refractivity contribution is -0.112. The number of oxime groups is 1. The number of fused-ring (bicyclic) bond motifs is 2. The second-order valence-electron chi connectivity index (χ2n) is 2.95. The molecule has 14 heavy (non-hydrogen) atoms. The number of Topliss-reactive ketones (excluding diaryl/α,β-unsaturated/α-hetero) is 1. The van der Waals surface area contributed by atoms with Crippen LogP contribution in [0.4, 0.5) is 0 Å². The topological polar surface area (TPSA) is 75.7 Å². The normalized spacial score (nSPS) is 22.7. The van der Waals surface area contributed by atoms with E-state index in [9.17, 15) is 4.79 Å². The molecule has 0 aromatic rings. The third-order valence-corrected chi connectivity index (χ3v) is 2.12. The Balaban J connectivity index is 2.24. The second kappa shape index (κ2) is 2.44. The van der Waals surface area contributed by atoms with Gasteiger partial charge in [0.2, 0.25) is 0 Å². The van der Waals surface area contributed by atoms with E-state index in [1.54, 1.807) is 6.08 Å². The molecule has 0 atom stereocenters. The highest BCUT2D eigenvalue weighted by Crippen LogP contribution is 2.31. The average molecular weight is 188 g/mol. The summed E-state index contributed by atoms with van der Waals surface area (Å²) >= 11 is 0. The van der Waals surface area contributed by atoms with Crippen molar-refractivity contribution in [3.63, 3.8) is 0 Å². The standard InChI is InChI=1S/C8H4N4O2/c13-5-3-4-1-2-9-14-8(4)7-6(5)10-12-11-7/h1-2H,3H2. The van der Waals surface area contributed by atoms with Crippen molar-refractivity contribution in [1.82, 2.24) is 0 Å². The van der Waals surface area contributed by atoms with Gasteiger partial charge in [-0.2, -0.15) is 0 Å². The zero-order valence-corrected chi connectivity index (χ0v) is 6.97. The molecule has 6 nitrogen and oxygen atoms in total. The van der Waals surface area contributed by atoms with Crippen LogP contribution in [0.5, 0.6) is 0 Å². The quantitative estimate of drug-likeness (QED) is 0.567. The summed E-state index contributed by atoms with van der Waals surface area (Å²) in [7, 11) is 0. The molecule has 0 bridgehead atoms. The third-order valence-electron chi connectivity index (χ3n) is 2.12. The summed E-state index contributed by atoms with van der Waals surface area (Å²) in [4.78, 5) is 16.5. The number of carbonyl (C=O) groups is 1. The van der Waals surface area contributed by atoms with Crippen LogP contribution in [0.3, 0.4) is 0 Å². The molecule has 0 saturated carbocycles. The van der Waals surface area contributed by atoms with Gasteiger partial charge in [-0.25, -0.2) is 0 Å². The average Bonchev–Trinajstić information content (AvgIpc) is 2.67. The van der Waals surface area contributed by atoms with Gasteiger partial charge in [-0.05, 0) is 11.3 Å². The molecule has 0 fully saturated rings. The smallest absolute Gasteiger partial charge is 0.191 e. The fraction of sp³-hybridized carbons (Fsp3) is 0.125. The fourth-order valence-corrected chi connectivity index (χ4v) is 1.48. The maximum Gasteiger partial charge on any atom is 0.191 e. The van der Waals surface area contributed by atoms with E-state index in [0.717, 1.165) is 5.57 Å². The van der Waals surface area contributed by atoms with Crippen molar-refractivity contribution in [2.24, 2.45) is 20.6 Å². The fourth-order valence-electron chi connectivity index (χ4n) is 1.48. The molecular formula is C8H4N4O2. The first kappa shape index (κ1) is 7.31. The molecule has 0 radical (unpaired) electrons. The van der Waals surface area contributed by atoms with Crippen molar-refractivity contribution < 1.29 is 9.63 Å². The predicted octanol–water partition coefficient (Wildman–Crippen LogP) is 0.935. The lowest BCUT2D eigenvalue weighted by Crippen LogP contribution is -2.23. The van der Waals surface area contributed by atoms with Gasteiger partial charge in [-0.3, -0.25) is 4.79 Å². The molecule has 6 heteroatoms. The molecule has 3 aliphatic rings. The zero-order valence-electron chi connectivity index (χ0n) is 6.97. The van der Waals surface area contributed by atoms with Gasteiger partial charge >= 0.3 is 0 Å². The van der Waals surface area contributed by atoms with Crippen molar-refractivity contribution in [3.8, 4) is 0 Å². The Morgan fingerprint density at radius 1 is 1.43 bits per heavy atom. The minimum Gasteiger partial charge on any atom is -0.354 e. The molecule has 0 aromatic heterocycles. The van der Waals surface area contributed by atoms with E-state index < -0.39 is 0 Å². The summed E-state index contributed by atoms with van der Waals surface area (Å²) in [5, 5.41) is 14.4. The molecule has 0 saturated heterocycles. The first-order valence-electron chi connectivity index (χ1n) is 4.03. The molecule has 2 aliphatic heterocycles. The highest BCUT2D eigenvalue weighted by Gasteiger charge is 2.34. The molecule has 0 amide bonds. The minimum absolute atomic E-state index is 0.0844. The summed E-state index contributed by atoms with van der Waals surface area (Å²) in [6, 6.07) is 0. The number of ketones is 1. The molecule has 0 spiro atoms. The summed E-state index contributed by atoms with van der Waals surface area (Å²) < 4.78 is 0. The van der Waals surface area contributed by atoms with E-state index in [2.05, 4.69) is 20.6 Å². The van der Waals surface area contributed by atoms with Gasteiger partial charge in [0, 0.05) is 12.0 Å². The molecule has 2 heterocycles.